The van der Waals surface area contributed by atoms with E-state index in [4.69, 9.17) is 9.15 Å². The highest BCUT2D eigenvalue weighted by Gasteiger charge is 2.29. The third-order valence-electron chi connectivity index (χ3n) is 6.25. The standard InChI is InChI=1S/C27H30N4O5/c1-18-8-13-24(36-18)27(34)31-16-14-30(15-17-31)19(2)25(32)28-21-11-9-20(10-12-21)26(33)29-22-6-4-5-7-23(22)35-3/h4-13,19H,14-17H2,1-3H3,(H,28,32)(H,29,33). The Kier molecular flexibility index (Phi) is 7.70. The number of nitrogens with zero attached hydrogens (tertiary/aromatic N) is 2. The summed E-state index contributed by atoms with van der Waals surface area (Å²) in [5, 5.41) is 5.74. The smallest absolute Gasteiger partial charge is 0.289 e. The van der Waals surface area contributed by atoms with Crippen LogP contribution in [0.1, 0.15) is 33.6 Å². The lowest BCUT2D eigenvalue weighted by Gasteiger charge is -2.37. The van der Waals surface area contributed by atoms with E-state index in [0.717, 1.165) is 0 Å². The van der Waals surface area contributed by atoms with Gasteiger partial charge in [0.25, 0.3) is 11.8 Å². The number of aryl methyl sites for hydroxylation is 1. The van der Waals surface area contributed by atoms with Crippen molar-refractivity contribution >= 4 is 29.1 Å². The van der Waals surface area contributed by atoms with Crippen molar-refractivity contribution in [2.24, 2.45) is 0 Å². The van der Waals surface area contributed by atoms with E-state index in [1.54, 1.807) is 67.5 Å². The minimum atomic E-state index is -0.373. The summed E-state index contributed by atoms with van der Waals surface area (Å²) in [7, 11) is 1.55. The summed E-state index contributed by atoms with van der Waals surface area (Å²) in [6, 6.07) is 17.0. The minimum Gasteiger partial charge on any atom is -0.495 e. The lowest BCUT2D eigenvalue weighted by Crippen LogP contribution is -2.54. The molecule has 0 radical (unpaired) electrons. The van der Waals surface area contributed by atoms with Crippen LogP contribution in [0.15, 0.2) is 65.1 Å². The molecule has 1 fully saturated rings. The highest BCUT2D eigenvalue weighted by molar-refractivity contribution is 6.05. The molecule has 1 atom stereocenters. The number of methoxy groups -OCH3 is 1. The summed E-state index contributed by atoms with van der Waals surface area (Å²) in [6.07, 6.45) is 0. The first kappa shape index (κ1) is 25.0. The first-order valence-electron chi connectivity index (χ1n) is 11.8. The first-order valence-corrected chi connectivity index (χ1v) is 11.8. The van der Waals surface area contributed by atoms with Crippen LogP contribution in [0.5, 0.6) is 5.75 Å². The molecule has 0 spiro atoms. The average molecular weight is 491 g/mol. The van der Waals surface area contributed by atoms with Crippen molar-refractivity contribution in [2.45, 2.75) is 19.9 Å². The van der Waals surface area contributed by atoms with Gasteiger partial charge in [-0.05, 0) is 62.4 Å². The molecule has 0 bridgehead atoms. The maximum atomic E-state index is 12.8. The van der Waals surface area contributed by atoms with E-state index < -0.39 is 0 Å². The molecular weight excluding hydrogens is 460 g/mol. The summed E-state index contributed by atoms with van der Waals surface area (Å²) in [4.78, 5) is 41.8. The Bertz CT molecular complexity index is 1230. The lowest BCUT2D eigenvalue weighted by molar-refractivity contribution is -0.121. The topological polar surface area (TPSA) is 104 Å². The number of hydrogen-bond donors (Lipinski definition) is 2. The maximum absolute atomic E-state index is 12.8. The summed E-state index contributed by atoms with van der Waals surface area (Å²) >= 11 is 0. The SMILES string of the molecule is COc1ccccc1NC(=O)c1ccc(NC(=O)C(C)N2CCN(C(=O)c3ccc(C)o3)CC2)cc1. The molecule has 4 rings (SSSR count). The van der Waals surface area contributed by atoms with Gasteiger partial charge in [-0.3, -0.25) is 19.3 Å². The number of carbonyl (C=O) groups is 3. The van der Waals surface area contributed by atoms with Crippen LogP contribution in [0.2, 0.25) is 0 Å². The number of nitrogens with one attached hydrogen (secondary N) is 2. The Morgan fingerprint density at radius 1 is 0.917 bits per heavy atom. The van der Waals surface area contributed by atoms with E-state index in [9.17, 15) is 14.4 Å². The zero-order valence-corrected chi connectivity index (χ0v) is 20.6. The fraction of sp³-hybridized carbons (Fsp3) is 0.296. The van der Waals surface area contributed by atoms with Crippen LogP contribution in [0.25, 0.3) is 0 Å². The number of hydrogen-bond acceptors (Lipinski definition) is 6. The second-order valence-corrected chi connectivity index (χ2v) is 8.64. The van der Waals surface area contributed by atoms with Gasteiger partial charge in [0.15, 0.2) is 5.76 Å². The van der Waals surface area contributed by atoms with E-state index in [-0.39, 0.29) is 23.8 Å². The Hall–Kier alpha value is -4.11. The van der Waals surface area contributed by atoms with Crippen LogP contribution in [-0.2, 0) is 4.79 Å². The third kappa shape index (κ3) is 5.75. The van der Waals surface area contributed by atoms with Crippen molar-refractivity contribution in [1.82, 2.24) is 9.80 Å². The van der Waals surface area contributed by atoms with E-state index in [0.29, 0.717) is 60.4 Å². The second kappa shape index (κ2) is 11.1. The molecule has 1 aliphatic heterocycles. The van der Waals surface area contributed by atoms with Gasteiger partial charge < -0.3 is 24.7 Å². The van der Waals surface area contributed by atoms with Gasteiger partial charge in [-0.1, -0.05) is 12.1 Å². The molecule has 1 aromatic heterocycles. The number of piperazine rings is 1. The first-order chi connectivity index (χ1) is 17.4. The molecule has 188 valence electrons. The summed E-state index contributed by atoms with van der Waals surface area (Å²) in [5.41, 5.74) is 1.64. The monoisotopic (exact) mass is 490 g/mol. The van der Waals surface area contributed by atoms with Crippen LogP contribution in [0.4, 0.5) is 11.4 Å². The Labute approximate surface area is 210 Å². The zero-order valence-electron chi connectivity index (χ0n) is 20.6. The van der Waals surface area contributed by atoms with Crippen LogP contribution in [0, 0.1) is 6.92 Å². The van der Waals surface area contributed by atoms with Gasteiger partial charge >= 0.3 is 0 Å². The fourth-order valence-corrected chi connectivity index (χ4v) is 4.08. The number of rotatable bonds is 7. The predicted octanol–water partition coefficient (Wildman–Crippen LogP) is 3.63. The van der Waals surface area contributed by atoms with E-state index in [2.05, 4.69) is 10.6 Å². The number of ether oxygens (including phenoxy) is 1. The molecule has 2 heterocycles. The van der Waals surface area contributed by atoms with Crippen LogP contribution in [-0.4, -0.2) is 66.9 Å². The molecule has 9 nitrogen and oxygen atoms in total. The summed E-state index contributed by atoms with van der Waals surface area (Å²) < 4.78 is 10.7. The number of furan rings is 1. The molecule has 1 aliphatic rings. The normalized spacial score (nSPS) is 14.7. The number of amides is 3. The van der Waals surface area contributed by atoms with Crippen molar-refractivity contribution in [1.29, 1.82) is 0 Å². The molecule has 3 aromatic rings. The van der Waals surface area contributed by atoms with Gasteiger partial charge in [0, 0.05) is 37.4 Å². The van der Waals surface area contributed by atoms with Crippen molar-refractivity contribution in [3.8, 4) is 5.75 Å². The predicted molar refractivity (Wildman–Crippen MR) is 136 cm³/mol. The fourth-order valence-electron chi connectivity index (χ4n) is 4.08. The molecule has 0 aliphatic carbocycles. The van der Waals surface area contributed by atoms with E-state index in [1.807, 2.05) is 24.0 Å². The van der Waals surface area contributed by atoms with Gasteiger partial charge in [0.2, 0.25) is 5.91 Å². The van der Waals surface area contributed by atoms with Crippen molar-refractivity contribution in [3.63, 3.8) is 0 Å². The van der Waals surface area contributed by atoms with E-state index in [1.165, 1.54) is 0 Å². The Morgan fingerprint density at radius 2 is 1.61 bits per heavy atom. The molecule has 2 N–H and O–H groups in total. The Balaban J connectivity index is 1.28. The molecule has 1 saturated heterocycles. The van der Waals surface area contributed by atoms with Crippen LogP contribution in [0.3, 0.4) is 0 Å². The van der Waals surface area contributed by atoms with Crippen molar-refractivity contribution < 1.29 is 23.5 Å². The van der Waals surface area contributed by atoms with Gasteiger partial charge in [0.05, 0.1) is 18.8 Å². The van der Waals surface area contributed by atoms with Crippen molar-refractivity contribution in [2.75, 3.05) is 43.9 Å². The number of para-hydroxylation sites is 2. The second-order valence-electron chi connectivity index (χ2n) is 8.64. The quantitative estimate of drug-likeness (QED) is 0.524. The van der Waals surface area contributed by atoms with E-state index >= 15 is 0 Å². The number of benzene rings is 2. The zero-order chi connectivity index (χ0) is 25.7. The highest BCUT2D eigenvalue weighted by Crippen LogP contribution is 2.24. The average Bonchev–Trinajstić information content (AvgIpc) is 3.34. The summed E-state index contributed by atoms with van der Waals surface area (Å²) in [6.45, 7) is 5.86. The molecule has 36 heavy (non-hydrogen) atoms. The molecule has 1 unspecified atom stereocenters. The lowest BCUT2D eigenvalue weighted by atomic mass is 10.1. The third-order valence-corrected chi connectivity index (χ3v) is 6.25. The van der Waals surface area contributed by atoms with Crippen LogP contribution < -0.4 is 15.4 Å². The maximum Gasteiger partial charge on any atom is 0.289 e. The number of carbonyl (C=O) groups excluding carboxylic acids is 3. The van der Waals surface area contributed by atoms with Crippen molar-refractivity contribution in [3.05, 3.63) is 77.7 Å². The molecule has 9 heteroatoms. The van der Waals surface area contributed by atoms with Crippen LogP contribution >= 0.6 is 0 Å². The largest absolute Gasteiger partial charge is 0.495 e. The summed E-state index contributed by atoms with van der Waals surface area (Å²) in [5.74, 6) is 1.06. The highest BCUT2D eigenvalue weighted by atomic mass is 16.5. The molecular formula is C27H30N4O5. The molecule has 0 saturated carbocycles. The minimum absolute atomic E-state index is 0.130. The molecule has 2 aromatic carbocycles. The molecule has 3 amide bonds. The van der Waals surface area contributed by atoms with Gasteiger partial charge in [-0.2, -0.15) is 0 Å². The van der Waals surface area contributed by atoms with Gasteiger partial charge in [-0.15, -0.1) is 0 Å². The Morgan fingerprint density at radius 3 is 2.25 bits per heavy atom. The number of anilines is 2. The van der Waals surface area contributed by atoms with Gasteiger partial charge in [-0.25, -0.2) is 0 Å². The van der Waals surface area contributed by atoms with Gasteiger partial charge in [0.1, 0.15) is 11.5 Å².